The maximum Gasteiger partial charge on any atom is 0.110 e. The molecule has 2 aromatic carbocycles. The van der Waals surface area contributed by atoms with E-state index in [-0.39, 0.29) is 0 Å². The van der Waals surface area contributed by atoms with E-state index in [2.05, 4.69) is 50.3 Å². The van der Waals surface area contributed by atoms with Gasteiger partial charge in [0.25, 0.3) is 0 Å². The number of hydrogen-bond donors (Lipinski definition) is 1. The molecular weight excluding hydrogens is 346 g/mol. The van der Waals surface area contributed by atoms with Gasteiger partial charge < -0.3 is 4.98 Å². The standard InChI is InChI=1S/C23H19N5/c1-16-23(26-11-10-25-16)20-8-6-18(7-9-20)13-22-27-15-21(28-22)12-17-2-4-19(14-24)5-3-17/h2-11,15H,12-13H2,1H3,(H,27,28). The van der Waals surface area contributed by atoms with Gasteiger partial charge >= 0.3 is 0 Å². The van der Waals surface area contributed by atoms with Crippen molar-refractivity contribution < 1.29 is 0 Å². The first-order chi connectivity index (χ1) is 13.7. The van der Waals surface area contributed by atoms with Crippen LogP contribution in [-0.2, 0) is 12.8 Å². The first-order valence-electron chi connectivity index (χ1n) is 9.10. The van der Waals surface area contributed by atoms with Crippen LogP contribution in [0.1, 0.15) is 33.9 Å². The lowest BCUT2D eigenvalue weighted by atomic mass is 10.1. The third-order valence-electron chi connectivity index (χ3n) is 4.64. The Kier molecular flexibility index (Phi) is 4.94. The van der Waals surface area contributed by atoms with Gasteiger partial charge in [0.05, 0.1) is 23.0 Å². The van der Waals surface area contributed by atoms with Gasteiger partial charge in [-0.25, -0.2) is 4.98 Å². The minimum Gasteiger partial charge on any atom is -0.345 e. The maximum atomic E-state index is 8.88. The van der Waals surface area contributed by atoms with Gasteiger partial charge in [-0.3, -0.25) is 9.97 Å². The summed E-state index contributed by atoms with van der Waals surface area (Å²) < 4.78 is 0. The zero-order valence-electron chi connectivity index (χ0n) is 15.6. The number of hydrogen-bond acceptors (Lipinski definition) is 4. The van der Waals surface area contributed by atoms with E-state index in [1.807, 2.05) is 37.4 Å². The van der Waals surface area contributed by atoms with E-state index in [0.29, 0.717) is 5.56 Å². The summed E-state index contributed by atoms with van der Waals surface area (Å²) in [4.78, 5) is 16.6. The third-order valence-corrected chi connectivity index (χ3v) is 4.64. The number of benzene rings is 2. The van der Waals surface area contributed by atoms with Crippen molar-refractivity contribution in [1.29, 1.82) is 5.26 Å². The molecule has 0 spiro atoms. The summed E-state index contributed by atoms with van der Waals surface area (Å²) in [6.07, 6.45) is 6.82. The highest BCUT2D eigenvalue weighted by molar-refractivity contribution is 5.61. The number of aromatic nitrogens is 4. The minimum atomic E-state index is 0.675. The zero-order valence-corrected chi connectivity index (χ0v) is 15.6. The molecule has 0 atom stereocenters. The molecule has 0 bridgehead atoms. The number of nitriles is 1. The molecule has 5 heteroatoms. The Morgan fingerprint density at radius 2 is 1.54 bits per heavy atom. The fourth-order valence-electron chi connectivity index (χ4n) is 3.17. The number of aromatic amines is 1. The van der Waals surface area contributed by atoms with E-state index in [1.165, 1.54) is 5.56 Å². The van der Waals surface area contributed by atoms with Crippen molar-refractivity contribution in [2.24, 2.45) is 0 Å². The quantitative estimate of drug-likeness (QED) is 0.574. The lowest BCUT2D eigenvalue weighted by Gasteiger charge is -2.05. The highest BCUT2D eigenvalue weighted by Gasteiger charge is 2.06. The predicted octanol–water partition coefficient (Wildman–Crippen LogP) is 4.23. The van der Waals surface area contributed by atoms with Gasteiger partial charge in [-0.1, -0.05) is 36.4 Å². The van der Waals surface area contributed by atoms with Crippen molar-refractivity contribution in [1.82, 2.24) is 19.9 Å². The van der Waals surface area contributed by atoms with E-state index in [0.717, 1.165) is 46.9 Å². The average molecular weight is 365 g/mol. The third kappa shape index (κ3) is 3.97. The molecule has 4 aromatic rings. The molecule has 0 saturated carbocycles. The Balaban J connectivity index is 1.43. The van der Waals surface area contributed by atoms with Gasteiger partial charge in [0.1, 0.15) is 5.82 Å². The summed E-state index contributed by atoms with van der Waals surface area (Å²) >= 11 is 0. The summed E-state index contributed by atoms with van der Waals surface area (Å²) in [5.74, 6) is 0.937. The zero-order chi connectivity index (χ0) is 19.3. The summed E-state index contributed by atoms with van der Waals surface area (Å²) in [7, 11) is 0. The highest BCUT2D eigenvalue weighted by atomic mass is 14.9. The first kappa shape index (κ1) is 17.6. The Hall–Kier alpha value is -3.78. The number of nitrogens with zero attached hydrogens (tertiary/aromatic N) is 4. The van der Waals surface area contributed by atoms with Crippen LogP contribution in [0.4, 0.5) is 0 Å². The van der Waals surface area contributed by atoms with Crippen LogP contribution in [-0.4, -0.2) is 19.9 Å². The molecule has 0 radical (unpaired) electrons. The van der Waals surface area contributed by atoms with Crippen LogP contribution >= 0.6 is 0 Å². The van der Waals surface area contributed by atoms with Crippen molar-refractivity contribution >= 4 is 0 Å². The molecule has 0 fully saturated rings. The van der Waals surface area contributed by atoms with Crippen molar-refractivity contribution in [2.45, 2.75) is 19.8 Å². The highest BCUT2D eigenvalue weighted by Crippen LogP contribution is 2.20. The Morgan fingerprint density at radius 1 is 0.857 bits per heavy atom. The molecule has 5 nitrogen and oxygen atoms in total. The number of aryl methyl sites for hydroxylation is 1. The van der Waals surface area contributed by atoms with Gasteiger partial charge in [-0.15, -0.1) is 0 Å². The lowest BCUT2D eigenvalue weighted by Crippen LogP contribution is -1.94. The fraction of sp³-hybridized carbons (Fsp3) is 0.130. The van der Waals surface area contributed by atoms with Gasteiger partial charge in [-0.2, -0.15) is 5.26 Å². The SMILES string of the molecule is Cc1nccnc1-c1ccc(Cc2ncc(Cc3ccc(C#N)cc3)[nH]2)cc1. The van der Waals surface area contributed by atoms with Crippen molar-refractivity contribution in [3.63, 3.8) is 0 Å². The van der Waals surface area contributed by atoms with Crippen molar-refractivity contribution in [3.8, 4) is 17.3 Å². The second kappa shape index (κ2) is 7.85. The summed E-state index contributed by atoms with van der Waals surface area (Å²) in [6.45, 7) is 1.97. The van der Waals surface area contributed by atoms with Crippen LogP contribution in [0.15, 0.2) is 67.1 Å². The molecule has 0 unspecified atom stereocenters. The van der Waals surface area contributed by atoms with E-state index in [1.54, 1.807) is 12.4 Å². The van der Waals surface area contributed by atoms with E-state index < -0.39 is 0 Å². The Labute approximate surface area is 163 Å². The van der Waals surface area contributed by atoms with Gasteiger partial charge in [0.15, 0.2) is 0 Å². The van der Waals surface area contributed by atoms with Gasteiger partial charge in [-0.05, 0) is 30.2 Å². The number of H-pyrrole nitrogens is 1. The fourth-order valence-corrected chi connectivity index (χ4v) is 3.17. The monoisotopic (exact) mass is 365 g/mol. The molecule has 2 heterocycles. The van der Waals surface area contributed by atoms with Gasteiger partial charge in [0.2, 0.25) is 0 Å². The molecule has 0 aliphatic rings. The van der Waals surface area contributed by atoms with Crippen LogP contribution in [0, 0.1) is 18.3 Å². The van der Waals surface area contributed by atoms with E-state index in [4.69, 9.17) is 5.26 Å². The maximum absolute atomic E-state index is 8.88. The minimum absolute atomic E-state index is 0.675. The molecule has 1 N–H and O–H groups in total. The molecule has 0 saturated heterocycles. The van der Waals surface area contributed by atoms with Crippen molar-refractivity contribution in [3.05, 3.63) is 101 Å². The van der Waals surface area contributed by atoms with Crippen LogP contribution in [0.3, 0.4) is 0 Å². The molecule has 0 amide bonds. The number of nitrogens with one attached hydrogen (secondary N) is 1. The first-order valence-corrected chi connectivity index (χ1v) is 9.10. The molecule has 136 valence electrons. The predicted molar refractivity (Wildman–Crippen MR) is 108 cm³/mol. The van der Waals surface area contributed by atoms with Crippen LogP contribution in [0.5, 0.6) is 0 Å². The topological polar surface area (TPSA) is 78.2 Å². The summed E-state index contributed by atoms with van der Waals surface area (Å²) in [5, 5.41) is 8.88. The molecule has 28 heavy (non-hydrogen) atoms. The number of rotatable bonds is 5. The van der Waals surface area contributed by atoms with Crippen LogP contribution in [0.25, 0.3) is 11.3 Å². The smallest absolute Gasteiger partial charge is 0.110 e. The molecule has 4 rings (SSSR count). The van der Waals surface area contributed by atoms with Crippen LogP contribution < -0.4 is 0 Å². The molecular formula is C23H19N5. The second-order valence-corrected chi connectivity index (χ2v) is 6.70. The van der Waals surface area contributed by atoms with Crippen molar-refractivity contribution in [2.75, 3.05) is 0 Å². The molecule has 2 aromatic heterocycles. The molecule has 0 aliphatic carbocycles. The largest absolute Gasteiger partial charge is 0.345 e. The second-order valence-electron chi connectivity index (χ2n) is 6.70. The lowest BCUT2D eigenvalue weighted by molar-refractivity contribution is 1.000. The van der Waals surface area contributed by atoms with E-state index in [9.17, 15) is 0 Å². The number of imidazole rings is 1. The van der Waals surface area contributed by atoms with Gasteiger partial charge in [0, 0.05) is 42.7 Å². The molecule has 0 aliphatic heterocycles. The normalized spacial score (nSPS) is 10.6. The Morgan fingerprint density at radius 3 is 2.25 bits per heavy atom. The van der Waals surface area contributed by atoms with Crippen LogP contribution in [0.2, 0.25) is 0 Å². The summed E-state index contributed by atoms with van der Waals surface area (Å²) in [5.41, 5.74) is 6.98. The van der Waals surface area contributed by atoms with E-state index >= 15 is 0 Å². The summed E-state index contributed by atoms with van der Waals surface area (Å²) in [6, 6.07) is 18.1. The average Bonchev–Trinajstić information content (AvgIpc) is 3.16. The Bertz CT molecular complexity index is 1120.